The third kappa shape index (κ3) is 5.92. The first-order valence-corrected chi connectivity index (χ1v) is 10.3. The summed E-state index contributed by atoms with van der Waals surface area (Å²) in [5, 5.41) is 28.5. The quantitative estimate of drug-likeness (QED) is 0.367. The Labute approximate surface area is 181 Å². The molecule has 0 bridgehead atoms. The molecule has 1 fully saturated rings. The molecule has 164 valence electrons. The van der Waals surface area contributed by atoms with Crippen molar-refractivity contribution in [3.05, 3.63) is 78.9 Å². The highest BCUT2D eigenvalue weighted by Crippen LogP contribution is 2.22. The van der Waals surface area contributed by atoms with Gasteiger partial charge in [-0.1, -0.05) is 31.4 Å². The Hall–Kier alpha value is -2.71. The van der Waals surface area contributed by atoms with Crippen LogP contribution in [0.2, 0.25) is 0 Å². The highest BCUT2D eigenvalue weighted by atomic mass is 19.1. The minimum absolute atomic E-state index is 0.257. The first kappa shape index (κ1) is 23.0. The lowest BCUT2D eigenvalue weighted by Gasteiger charge is -2.38. The number of aliphatic hydroxyl groups excluding tert-OH is 2. The molecule has 1 aromatic carbocycles. The number of nitrogens with zero attached hydrogens (tertiary/aromatic N) is 2. The number of benzene rings is 1. The van der Waals surface area contributed by atoms with E-state index in [9.17, 15) is 14.6 Å². The first-order valence-electron chi connectivity index (χ1n) is 10.3. The third-order valence-electron chi connectivity index (χ3n) is 5.54. The molecule has 2 aromatic rings. The fourth-order valence-electron chi connectivity index (χ4n) is 3.84. The first-order chi connectivity index (χ1) is 15.0. The standard InChI is InChI=1S/C24H29FN4O2/c1-3-6-16(13-26-4-2)14-28-20-8-9-21(24(31)23(20)30)29-15-18-11-17-7-5-10-27-22(17)12-19(18)25/h3-7,10-13,20-21,23-24,28-31H,1-2,8-9,14-15H2/b16-6+,26-13?/t20-,21-,23+,24-/m0/s1. The Morgan fingerprint density at radius 3 is 2.65 bits per heavy atom. The Balaban J connectivity index is 1.57. The van der Waals surface area contributed by atoms with Gasteiger partial charge in [-0.3, -0.25) is 9.98 Å². The minimum atomic E-state index is -0.967. The van der Waals surface area contributed by atoms with Gasteiger partial charge in [0.2, 0.25) is 0 Å². The van der Waals surface area contributed by atoms with Gasteiger partial charge in [0.1, 0.15) is 5.82 Å². The van der Waals surface area contributed by atoms with Crippen molar-refractivity contribution in [3.63, 3.8) is 0 Å². The van der Waals surface area contributed by atoms with E-state index in [0.717, 1.165) is 11.0 Å². The molecule has 0 saturated heterocycles. The van der Waals surface area contributed by atoms with Crippen LogP contribution < -0.4 is 10.6 Å². The van der Waals surface area contributed by atoms with Crippen molar-refractivity contribution in [2.24, 2.45) is 4.99 Å². The molecule has 4 atom stereocenters. The molecule has 0 aliphatic heterocycles. The number of allylic oxidation sites excluding steroid dienone is 2. The molecule has 3 rings (SSSR count). The largest absolute Gasteiger partial charge is 0.389 e. The van der Waals surface area contributed by atoms with Gasteiger partial charge in [-0.25, -0.2) is 4.39 Å². The molecule has 0 unspecified atom stereocenters. The second-order valence-corrected chi connectivity index (χ2v) is 7.61. The number of fused-ring (bicyclic) bond motifs is 1. The van der Waals surface area contributed by atoms with Gasteiger partial charge in [-0.15, -0.1) is 0 Å². The zero-order valence-corrected chi connectivity index (χ0v) is 17.4. The van der Waals surface area contributed by atoms with Gasteiger partial charge in [0, 0.05) is 60.8 Å². The predicted molar refractivity (Wildman–Crippen MR) is 122 cm³/mol. The molecule has 6 nitrogen and oxygen atoms in total. The molecule has 1 aliphatic carbocycles. The Morgan fingerprint density at radius 2 is 1.94 bits per heavy atom. The normalized spacial score (nSPS) is 24.5. The molecule has 31 heavy (non-hydrogen) atoms. The number of hydrogen-bond donors (Lipinski definition) is 4. The van der Waals surface area contributed by atoms with E-state index in [0.29, 0.717) is 30.5 Å². The lowest BCUT2D eigenvalue weighted by Crippen LogP contribution is -2.58. The number of hydrogen-bond acceptors (Lipinski definition) is 6. The van der Waals surface area contributed by atoms with Crippen molar-refractivity contribution in [3.8, 4) is 0 Å². The smallest absolute Gasteiger partial charge is 0.129 e. The van der Waals surface area contributed by atoms with Crippen LogP contribution in [0.15, 0.2) is 72.5 Å². The maximum absolute atomic E-state index is 14.4. The topological polar surface area (TPSA) is 89.8 Å². The molecule has 1 aromatic heterocycles. The van der Waals surface area contributed by atoms with Crippen molar-refractivity contribution in [2.45, 2.75) is 43.7 Å². The number of rotatable bonds is 9. The van der Waals surface area contributed by atoms with Gasteiger partial charge >= 0.3 is 0 Å². The van der Waals surface area contributed by atoms with E-state index in [2.05, 4.69) is 33.8 Å². The average molecular weight is 425 g/mol. The summed E-state index contributed by atoms with van der Waals surface area (Å²) < 4.78 is 14.4. The molecule has 1 heterocycles. The summed E-state index contributed by atoms with van der Waals surface area (Å²) in [5.74, 6) is -0.341. The summed E-state index contributed by atoms with van der Waals surface area (Å²) in [7, 11) is 0. The summed E-state index contributed by atoms with van der Waals surface area (Å²) in [6.07, 6.45) is 7.64. The lowest BCUT2D eigenvalue weighted by atomic mass is 9.85. The number of aliphatic hydroxyl groups is 2. The third-order valence-corrected chi connectivity index (χ3v) is 5.54. The summed E-state index contributed by atoms with van der Waals surface area (Å²) in [5.41, 5.74) is 2.00. The molecule has 7 heteroatoms. The van der Waals surface area contributed by atoms with Crippen LogP contribution in [0.5, 0.6) is 0 Å². The number of aromatic nitrogens is 1. The van der Waals surface area contributed by atoms with Crippen LogP contribution in [0.25, 0.3) is 10.9 Å². The zero-order chi connectivity index (χ0) is 22.2. The van der Waals surface area contributed by atoms with Gasteiger partial charge in [0.15, 0.2) is 0 Å². The monoisotopic (exact) mass is 424 g/mol. The summed E-state index contributed by atoms with van der Waals surface area (Å²) in [6.45, 7) is 7.98. The minimum Gasteiger partial charge on any atom is -0.389 e. The number of nitrogens with one attached hydrogen (secondary N) is 2. The summed E-state index contributed by atoms with van der Waals surface area (Å²) in [6, 6.07) is 6.28. The molecule has 0 amide bonds. The molecule has 0 radical (unpaired) electrons. The highest BCUT2D eigenvalue weighted by molar-refractivity contribution is 5.80. The van der Waals surface area contributed by atoms with Crippen LogP contribution in [-0.2, 0) is 6.54 Å². The summed E-state index contributed by atoms with van der Waals surface area (Å²) in [4.78, 5) is 8.16. The van der Waals surface area contributed by atoms with E-state index in [4.69, 9.17) is 0 Å². The Kier molecular flexibility index (Phi) is 8.20. The molecule has 0 spiro atoms. The fourth-order valence-corrected chi connectivity index (χ4v) is 3.84. The lowest BCUT2D eigenvalue weighted by molar-refractivity contribution is -0.0479. The van der Waals surface area contributed by atoms with Crippen LogP contribution in [0.1, 0.15) is 18.4 Å². The van der Waals surface area contributed by atoms with E-state index in [1.165, 1.54) is 12.3 Å². The van der Waals surface area contributed by atoms with E-state index in [-0.39, 0.29) is 24.4 Å². The number of halogens is 1. The van der Waals surface area contributed by atoms with Gasteiger partial charge in [0.25, 0.3) is 0 Å². The van der Waals surface area contributed by atoms with E-state index < -0.39 is 12.2 Å². The maximum atomic E-state index is 14.4. The van der Waals surface area contributed by atoms with E-state index >= 15 is 0 Å². The van der Waals surface area contributed by atoms with E-state index in [1.807, 2.05) is 18.2 Å². The second-order valence-electron chi connectivity index (χ2n) is 7.61. The van der Waals surface area contributed by atoms with Gasteiger partial charge in [-0.2, -0.15) is 0 Å². The van der Waals surface area contributed by atoms with Gasteiger partial charge in [-0.05, 0) is 30.5 Å². The van der Waals surface area contributed by atoms with Gasteiger partial charge < -0.3 is 20.8 Å². The predicted octanol–water partition coefficient (Wildman–Crippen LogP) is 2.63. The van der Waals surface area contributed by atoms with Crippen molar-refractivity contribution in [1.82, 2.24) is 15.6 Å². The van der Waals surface area contributed by atoms with Crippen LogP contribution in [0.3, 0.4) is 0 Å². The van der Waals surface area contributed by atoms with Crippen LogP contribution in [-0.4, -0.2) is 52.2 Å². The SMILES string of the molecule is C=C/C=C(\C=NC=C)CN[C@H]1CC[C@H](NCc2cc3cccnc3cc2F)[C@H](O)[C@@H]1O. The molecule has 4 N–H and O–H groups in total. The van der Waals surface area contributed by atoms with Crippen molar-refractivity contribution in [2.75, 3.05) is 6.54 Å². The number of pyridine rings is 1. The maximum Gasteiger partial charge on any atom is 0.129 e. The van der Waals surface area contributed by atoms with Crippen LogP contribution in [0, 0.1) is 5.82 Å². The second kappa shape index (κ2) is 11.1. The summed E-state index contributed by atoms with van der Waals surface area (Å²) >= 11 is 0. The molecular formula is C24H29FN4O2. The molecule has 1 saturated carbocycles. The average Bonchev–Trinajstić information content (AvgIpc) is 2.77. The van der Waals surface area contributed by atoms with Crippen molar-refractivity contribution >= 4 is 17.1 Å². The van der Waals surface area contributed by atoms with Crippen molar-refractivity contribution in [1.29, 1.82) is 0 Å². The Morgan fingerprint density at radius 1 is 1.19 bits per heavy atom. The fraction of sp³-hybridized carbons (Fsp3) is 0.333. The van der Waals surface area contributed by atoms with E-state index in [1.54, 1.807) is 24.6 Å². The van der Waals surface area contributed by atoms with Gasteiger partial charge in [0.05, 0.1) is 17.7 Å². The number of aliphatic imine (C=N–C) groups is 1. The zero-order valence-electron chi connectivity index (χ0n) is 17.4. The molecule has 1 aliphatic rings. The Bertz CT molecular complexity index is 975. The van der Waals surface area contributed by atoms with Crippen LogP contribution in [0.4, 0.5) is 4.39 Å². The molecular weight excluding hydrogens is 395 g/mol. The highest BCUT2D eigenvalue weighted by Gasteiger charge is 2.36. The van der Waals surface area contributed by atoms with Crippen molar-refractivity contribution < 1.29 is 14.6 Å². The van der Waals surface area contributed by atoms with Crippen LogP contribution >= 0.6 is 0 Å².